The van der Waals surface area contributed by atoms with E-state index in [0.29, 0.717) is 35.9 Å². The van der Waals surface area contributed by atoms with Gasteiger partial charge in [-0.1, -0.05) is 11.6 Å². The van der Waals surface area contributed by atoms with Crippen molar-refractivity contribution in [1.82, 2.24) is 29.4 Å². The van der Waals surface area contributed by atoms with E-state index < -0.39 is 6.09 Å². The van der Waals surface area contributed by atoms with Gasteiger partial charge in [-0.2, -0.15) is 5.10 Å². The van der Waals surface area contributed by atoms with Gasteiger partial charge in [-0.3, -0.25) is 9.48 Å². The van der Waals surface area contributed by atoms with Crippen LogP contribution < -0.4 is 10.1 Å². The Bertz CT molecular complexity index is 1460. The molecule has 0 unspecified atom stereocenters. The van der Waals surface area contributed by atoms with Gasteiger partial charge >= 0.3 is 6.09 Å². The summed E-state index contributed by atoms with van der Waals surface area (Å²) in [4.78, 5) is 29.3. The van der Waals surface area contributed by atoms with Crippen LogP contribution in [0.2, 0.25) is 5.02 Å². The quantitative estimate of drug-likeness (QED) is 0.344. The third-order valence-corrected chi connectivity index (χ3v) is 6.41. The van der Waals surface area contributed by atoms with Crippen LogP contribution in [0.4, 0.5) is 4.79 Å². The number of nitrogens with one attached hydrogen (secondary N) is 1. The molecule has 4 rings (SSSR count). The van der Waals surface area contributed by atoms with Crippen molar-refractivity contribution in [2.75, 3.05) is 27.2 Å². The number of halogens is 1. The number of ether oxygens (including phenoxy) is 1. The molecule has 0 aliphatic rings. The number of hydrogen-bond donors (Lipinski definition) is 2. The summed E-state index contributed by atoms with van der Waals surface area (Å²) < 4.78 is 9.85. The van der Waals surface area contributed by atoms with Crippen LogP contribution in [0.1, 0.15) is 27.4 Å². The van der Waals surface area contributed by atoms with E-state index in [2.05, 4.69) is 15.4 Å². The first-order valence-corrected chi connectivity index (χ1v) is 12.1. The van der Waals surface area contributed by atoms with Gasteiger partial charge in [0.05, 0.1) is 6.61 Å². The molecule has 0 radical (unpaired) electrons. The van der Waals surface area contributed by atoms with E-state index in [-0.39, 0.29) is 12.5 Å². The molecule has 0 saturated heterocycles. The Labute approximate surface area is 219 Å². The van der Waals surface area contributed by atoms with Crippen LogP contribution in [0.3, 0.4) is 0 Å². The van der Waals surface area contributed by atoms with Crippen LogP contribution in [-0.2, 0) is 19.9 Å². The van der Waals surface area contributed by atoms with Crippen molar-refractivity contribution >= 4 is 29.2 Å². The molecule has 2 amide bonds. The van der Waals surface area contributed by atoms with Crippen molar-refractivity contribution in [1.29, 1.82) is 0 Å². The molecule has 3 aromatic heterocycles. The van der Waals surface area contributed by atoms with E-state index in [1.54, 1.807) is 37.1 Å². The highest BCUT2D eigenvalue weighted by Crippen LogP contribution is 2.33. The normalized spacial score (nSPS) is 11.1. The van der Waals surface area contributed by atoms with Gasteiger partial charge in [0.1, 0.15) is 11.4 Å². The van der Waals surface area contributed by atoms with E-state index >= 15 is 0 Å². The lowest BCUT2D eigenvalue weighted by molar-refractivity contribution is 0.0820. The number of benzene rings is 1. The second-order valence-electron chi connectivity index (χ2n) is 8.85. The molecule has 0 fully saturated rings. The Balaban J connectivity index is 1.58. The first kappa shape index (κ1) is 26.0. The fourth-order valence-corrected chi connectivity index (χ4v) is 4.29. The van der Waals surface area contributed by atoms with E-state index in [1.165, 1.54) is 4.90 Å². The van der Waals surface area contributed by atoms with Gasteiger partial charge in [0, 0.05) is 86.0 Å². The SMILES string of the molecule is Cc1c(CCOc2cc(Cl)ccc2-c2ccc3ncc(CCNC(=O)O)n3c2)c(C(=O)N(C)C)nn1C. The van der Waals surface area contributed by atoms with Gasteiger partial charge in [-0.05, 0) is 37.3 Å². The summed E-state index contributed by atoms with van der Waals surface area (Å²) in [7, 11) is 5.23. The summed E-state index contributed by atoms with van der Waals surface area (Å²) in [6, 6.07) is 9.34. The zero-order chi connectivity index (χ0) is 26.7. The van der Waals surface area contributed by atoms with Crippen LogP contribution in [0.25, 0.3) is 16.8 Å². The maximum Gasteiger partial charge on any atom is 0.404 e. The topological polar surface area (TPSA) is 114 Å². The summed E-state index contributed by atoms with van der Waals surface area (Å²) in [5.41, 5.74) is 5.57. The van der Waals surface area contributed by atoms with Gasteiger partial charge in [0.25, 0.3) is 5.91 Å². The summed E-state index contributed by atoms with van der Waals surface area (Å²) in [5.74, 6) is 0.466. The zero-order valence-electron chi connectivity index (χ0n) is 21.2. The Hall–Kier alpha value is -4.05. The second-order valence-corrected chi connectivity index (χ2v) is 9.29. The highest BCUT2D eigenvalue weighted by Gasteiger charge is 2.21. The lowest BCUT2D eigenvalue weighted by atomic mass is 10.1. The van der Waals surface area contributed by atoms with Crippen LogP contribution in [0.15, 0.2) is 42.7 Å². The molecule has 1 aromatic carbocycles. The van der Waals surface area contributed by atoms with Crippen molar-refractivity contribution in [3.63, 3.8) is 0 Å². The lowest BCUT2D eigenvalue weighted by Gasteiger charge is -2.14. The molecular weight excluding hydrogens is 496 g/mol. The molecule has 0 spiro atoms. The number of carboxylic acid groups (broad SMARTS) is 1. The minimum atomic E-state index is -1.06. The van der Waals surface area contributed by atoms with Crippen molar-refractivity contribution in [3.8, 4) is 16.9 Å². The average Bonchev–Trinajstić information content (AvgIpc) is 3.38. The van der Waals surface area contributed by atoms with E-state index in [0.717, 1.165) is 33.7 Å². The number of carbonyl (C=O) groups is 2. The fourth-order valence-electron chi connectivity index (χ4n) is 4.12. The smallest absolute Gasteiger partial charge is 0.404 e. The second kappa shape index (κ2) is 10.9. The molecule has 2 N–H and O–H groups in total. The van der Waals surface area contributed by atoms with Crippen LogP contribution in [0.5, 0.6) is 5.75 Å². The first-order chi connectivity index (χ1) is 17.7. The molecule has 10 nitrogen and oxygen atoms in total. The number of pyridine rings is 1. The highest BCUT2D eigenvalue weighted by molar-refractivity contribution is 6.30. The van der Waals surface area contributed by atoms with E-state index in [1.807, 2.05) is 42.8 Å². The van der Waals surface area contributed by atoms with Crippen LogP contribution >= 0.6 is 11.6 Å². The molecule has 11 heteroatoms. The number of rotatable bonds is 9. The zero-order valence-corrected chi connectivity index (χ0v) is 21.9. The molecule has 0 bridgehead atoms. The number of carbonyl (C=O) groups excluding carboxylic acids is 1. The molecule has 0 saturated carbocycles. The van der Waals surface area contributed by atoms with Crippen molar-refractivity contribution in [3.05, 3.63) is 70.4 Å². The first-order valence-electron chi connectivity index (χ1n) is 11.8. The molecule has 0 aliphatic heterocycles. The number of hydrogen-bond acceptors (Lipinski definition) is 5. The van der Waals surface area contributed by atoms with Crippen LogP contribution in [-0.4, -0.2) is 68.4 Å². The summed E-state index contributed by atoms with van der Waals surface area (Å²) in [6.07, 6.45) is 3.64. The van der Waals surface area contributed by atoms with Gasteiger partial charge in [0.15, 0.2) is 5.69 Å². The molecule has 3 heterocycles. The minimum absolute atomic E-state index is 0.148. The standard InChI is InChI=1S/C26H29ClN6O4/c1-16-20(24(30-32(16)4)25(34)31(2)3)10-12-37-22-13-18(27)6-7-21(22)17-5-8-23-29-14-19(33(23)15-17)9-11-28-26(35)36/h5-8,13-15,28H,9-12H2,1-4H3,(H,35,36). The van der Waals surface area contributed by atoms with Crippen molar-refractivity contribution in [2.24, 2.45) is 7.05 Å². The third kappa shape index (κ3) is 5.69. The number of fused-ring (bicyclic) bond motifs is 1. The van der Waals surface area contributed by atoms with E-state index in [4.69, 9.17) is 21.4 Å². The number of aryl methyl sites for hydroxylation is 1. The Morgan fingerprint density at radius 3 is 2.70 bits per heavy atom. The number of aromatic nitrogens is 4. The Morgan fingerprint density at radius 2 is 1.97 bits per heavy atom. The molecule has 4 aromatic rings. The molecule has 0 atom stereocenters. The summed E-state index contributed by atoms with van der Waals surface area (Å²) >= 11 is 6.30. The lowest BCUT2D eigenvalue weighted by Crippen LogP contribution is -2.23. The molecular formula is C26H29ClN6O4. The maximum atomic E-state index is 12.6. The van der Waals surface area contributed by atoms with Gasteiger partial charge in [0.2, 0.25) is 0 Å². The molecule has 0 aliphatic carbocycles. The van der Waals surface area contributed by atoms with E-state index in [9.17, 15) is 9.59 Å². The molecule has 37 heavy (non-hydrogen) atoms. The van der Waals surface area contributed by atoms with Gasteiger partial charge in [-0.25, -0.2) is 9.78 Å². The highest BCUT2D eigenvalue weighted by atomic mass is 35.5. The third-order valence-electron chi connectivity index (χ3n) is 6.17. The van der Waals surface area contributed by atoms with Gasteiger partial charge in [-0.15, -0.1) is 0 Å². The number of amides is 2. The maximum absolute atomic E-state index is 12.6. The fraction of sp³-hybridized carbons (Fsp3) is 0.308. The predicted molar refractivity (Wildman–Crippen MR) is 141 cm³/mol. The monoisotopic (exact) mass is 524 g/mol. The summed E-state index contributed by atoms with van der Waals surface area (Å²) in [5, 5.41) is 16.2. The number of nitrogens with zero attached hydrogens (tertiary/aromatic N) is 5. The Kier molecular flexibility index (Phi) is 7.68. The van der Waals surface area contributed by atoms with Crippen molar-refractivity contribution < 1.29 is 19.4 Å². The van der Waals surface area contributed by atoms with Crippen molar-refractivity contribution in [2.45, 2.75) is 19.8 Å². The van der Waals surface area contributed by atoms with Gasteiger partial charge < -0.3 is 24.5 Å². The largest absolute Gasteiger partial charge is 0.493 e. The molecule has 194 valence electrons. The minimum Gasteiger partial charge on any atom is -0.493 e. The Morgan fingerprint density at radius 1 is 1.19 bits per heavy atom. The average molecular weight is 525 g/mol. The number of imidazole rings is 1. The van der Waals surface area contributed by atoms with Crippen LogP contribution in [0, 0.1) is 6.92 Å². The predicted octanol–water partition coefficient (Wildman–Crippen LogP) is 3.83. The summed E-state index contributed by atoms with van der Waals surface area (Å²) in [6.45, 7) is 2.55.